The Balaban J connectivity index is 3.08. The van der Waals surface area contributed by atoms with Crippen molar-refractivity contribution < 1.29 is 9.31 Å². The number of halogens is 1. The third kappa shape index (κ3) is 1.16. The van der Waals surface area contributed by atoms with E-state index in [4.69, 9.17) is 16.3 Å². The number of likely N-dealkylation sites (N-methyl/N-ethyl adjacent to an activating group) is 1. The van der Waals surface area contributed by atoms with Gasteiger partial charge in [-0.15, -0.1) is 0 Å². The normalized spacial score (nSPS) is 26.1. The Hall–Kier alpha value is -0.500. The first-order valence-corrected chi connectivity index (χ1v) is 4.00. The molecule has 0 N–H and O–H groups in total. The summed E-state index contributed by atoms with van der Waals surface area (Å²) in [5.74, 6) is 1.70. The fourth-order valence-corrected chi connectivity index (χ4v) is 1.38. The number of hydrogen-bond acceptors (Lipinski definition) is 1. The van der Waals surface area contributed by atoms with Gasteiger partial charge >= 0.3 is 5.90 Å². The topological polar surface area (TPSA) is 12.2 Å². The van der Waals surface area contributed by atoms with Crippen LogP contribution in [0.25, 0.3) is 0 Å². The van der Waals surface area contributed by atoms with Gasteiger partial charge in [0.15, 0.2) is 5.76 Å². The average Bonchev–Trinajstić information content (AvgIpc) is 2.13. The Morgan fingerprint density at radius 1 is 1.55 bits per heavy atom. The molecular formula is C8H13ClNO+. The number of rotatable bonds is 0. The minimum absolute atomic E-state index is 0.105. The van der Waals surface area contributed by atoms with E-state index in [0.717, 1.165) is 11.7 Å². The molecule has 2 nitrogen and oxygen atoms in total. The van der Waals surface area contributed by atoms with Crippen LogP contribution in [0.1, 0.15) is 20.8 Å². The lowest BCUT2D eigenvalue weighted by molar-refractivity contribution is -0.557. The third-order valence-corrected chi connectivity index (χ3v) is 2.47. The van der Waals surface area contributed by atoms with Gasteiger partial charge < -0.3 is 4.74 Å². The summed E-state index contributed by atoms with van der Waals surface area (Å²) in [4.78, 5) is 0. The quantitative estimate of drug-likeness (QED) is 0.512. The molecule has 3 heteroatoms. The Morgan fingerprint density at radius 3 is 2.27 bits per heavy atom. The van der Waals surface area contributed by atoms with Crippen LogP contribution in [0.3, 0.4) is 0 Å². The van der Waals surface area contributed by atoms with Crippen molar-refractivity contribution in [3.8, 4) is 0 Å². The van der Waals surface area contributed by atoms with Crippen LogP contribution in [0.2, 0.25) is 0 Å². The first kappa shape index (κ1) is 8.60. The minimum atomic E-state index is -0.105. The molecule has 1 heterocycles. The van der Waals surface area contributed by atoms with Crippen LogP contribution < -0.4 is 0 Å². The van der Waals surface area contributed by atoms with Gasteiger partial charge in [-0.05, 0) is 0 Å². The fraction of sp³-hybridized carbons (Fsp3) is 0.625. The maximum Gasteiger partial charge on any atom is 0.339 e. The molecule has 1 rings (SSSR count). The molecule has 1 aliphatic rings. The molecule has 0 aromatic heterocycles. The van der Waals surface area contributed by atoms with Crippen LogP contribution in [0.5, 0.6) is 0 Å². The molecule has 0 saturated heterocycles. The largest absolute Gasteiger partial charge is 0.405 e. The lowest BCUT2D eigenvalue weighted by Gasteiger charge is -2.11. The van der Waals surface area contributed by atoms with Gasteiger partial charge in [-0.25, -0.2) is 0 Å². The van der Waals surface area contributed by atoms with Crippen molar-refractivity contribution >= 4 is 17.5 Å². The summed E-state index contributed by atoms with van der Waals surface area (Å²) < 4.78 is 7.47. The molecule has 0 unspecified atom stereocenters. The van der Waals surface area contributed by atoms with Gasteiger partial charge in [0.1, 0.15) is 7.05 Å². The molecule has 1 aliphatic heterocycles. The summed E-state index contributed by atoms with van der Waals surface area (Å²) in [5, 5.41) is 0. The van der Waals surface area contributed by atoms with E-state index in [1.807, 2.05) is 14.0 Å². The lowest BCUT2D eigenvalue weighted by Crippen LogP contribution is -2.31. The number of ether oxygens (including phenoxy) is 1. The predicted octanol–water partition coefficient (Wildman–Crippen LogP) is 1.94. The van der Waals surface area contributed by atoms with Gasteiger partial charge in [-0.3, -0.25) is 0 Å². The van der Waals surface area contributed by atoms with Crippen LogP contribution in [-0.2, 0) is 4.74 Å². The molecule has 62 valence electrons. The number of hydrogen-bond donors (Lipinski definition) is 0. The SMILES string of the molecule is CC1=[N+](C)C(C)(C)C(=CCl)O1. The number of nitrogens with zero attached hydrogens (tertiary/aromatic N) is 1. The van der Waals surface area contributed by atoms with Gasteiger partial charge in [0.25, 0.3) is 0 Å². The fourth-order valence-electron chi connectivity index (χ4n) is 1.07. The van der Waals surface area contributed by atoms with Crippen LogP contribution in [0.4, 0.5) is 0 Å². The van der Waals surface area contributed by atoms with E-state index in [9.17, 15) is 0 Å². The van der Waals surface area contributed by atoms with Crippen molar-refractivity contribution in [3.63, 3.8) is 0 Å². The minimum Gasteiger partial charge on any atom is -0.405 e. The molecular weight excluding hydrogens is 162 g/mol. The second-order valence-electron chi connectivity index (χ2n) is 3.21. The first-order chi connectivity index (χ1) is 5.00. The highest BCUT2D eigenvalue weighted by molar-refractivity contribution is 6.25. The van der Waals surface area contributed by atoms with Crippen LogP contribution in [0.15, 0.2) is 11.3 Å². The predicted molar refractivity (Wildman–Crippen MR) is 46.0 cm³/mol. The van der Waals surface area contributed by atoms with Crippen molar-refractivity contribution in [1.82, 2.24) is 0 Å². The van der Waals surface area contributed by atoms with Crippen molar-refractivity contribution in [2.45, 2.75) is 26.3 Å². The van der Waals surface area contributed by atoms with Crippen LogP contribution in [-0.4, -0.2) is 23.1 Å². The van der Waals surface area contributed by atoms with Crippen molar-refractivity contribution in [2.24, 2.45) is 0 Å². The van der Waals surface area contributed by atoms with Gasteiger partial charge in [-0.1, -0.05) is 11.6 Å². The maximum absolute atomic E-state index is 5.60. The van der Waals surface area contributed by atoms with E-state index in [-0.39, 0.29) is 5.54 Å². The molecule has 0 fully saturated rings. The average molecular weight is 175 g/mol. The standard InChI is InChI=1S/C8H13ClNO/c1-6-10(4)8(2,3)7(5-9)11-6/h5H,1-4H3/q+1. The molecule has 0 aromatic rings. The second-order valence-corrected chi connectivity index (χ2v) is 3.43. The summed E-state index contributed by atoms with van der Waals surface area (Å²) in [5.41, 5.74) is 1.39. The van der Waals surface area contributed by atoms with E-state index in [1.54, 1.807) is 0 Å². The highest BCUT2D eigenvalue weighted by Crippen LogP contribution is 2.27. The van der Waals surface area contributed by atoms with Crippen molar-refractivity contribution in [3.05, 3.63) is 11.3 Å². The molecule has 0 amide bonds. The molecule has 0 aromatic carbocycles. The molecule has 0 bridgehead atoms. The smallest absolute Gasteiger partial charge is 0.339 e. The first-order valence-electron chi connectivity index (χ1n) is 3.56. The van der Waals surface area contributed by atoms with Crippen LogP contribution in [0, 0.1) is 0 Å². The maximum atomic E-state index is 5.60. The summed E-state index contributed by atoms with van der Waals surface area (Å²) in [6.45, 7) is 6.06. The van der Waals surface area contributed by atoms with Gasteiger partial charge in [0.2, 0.25) is 5.54 Å². The molecule has 11 heavy (non-hydrogen) atoms. The Labute approximate surface area is 72.1 Å². The Morgan fingerprint density at radius 2 is 2.09 bits per heavy atom. The zero-order valence-corrected chi connectivity index (χ0v) is 8.07. The molecule has 0 aliphatic carbocycles. The summed E-state index contributed by atoms with van der Waals surface area (Å²) in [7, 11) is 1.99. The summed E-state index contributed by atoms with van der Waals surface area (Å²) in [6.07, 6.45) is 0. The van der Waals surface area contributed by atoms with E-state index in [1.165, 1.54) is 5.54 Å². The lowest BCUT2D eigenvalue weighted by atomic mass is 10.0. The zero-order chi connectivity index (χ0) is 8.65. The molecule has 0 atom stereocenters. The van der Waals surface area contributed by atoms with E-state index >= 15 is 0 Å². The molecule has 0 saturated carbocycles. The molecule has 0 radical (unpaired) electrons. The van der Waals surface area contributed by atoms with Crippen molar-refractivity contribution in [1.29, 1.82) is 0 Å². The van der Waals surface area contributed by atoms with Crippen molar-refractivity contribution in [2.75, 3.05) is 7.05 Å². The summed E-state index contributed by atoms with van der Waals surface area (Å²) >= 11 is 5.60. The monoisotopic (exact) mass is 174 g/mol. The highest BCUT2D eigenvalue weighted by atomic mass is 35.5. The van der Waals surface area contributed by atoms with Gasteiger partial charge in [0, 0.05) is 13.8 Å². The van der Waals surface area contributed by atoms with Gasteiger partial charge in [-0.2, -0.15) is 4.58 Å². The third-order valence-electron chi connectivity index (χ3n) is 2.27. The van der Waals surface area contributed by atoms with E-state index in [2.05, 4.69) is 18.4 Å². The summed E-state index contributed by atoms with van der Waals surface area (Å²) in [6, 6.07) is 0. The van der Waals surface area contributed by atoms with E-state index in [0.29, 0.717) is 0 Å². The van der Waals surface area contributed by atoms with E-state index < -0.39 is 0 Å². The van der Waals surface area contributed by atoms with Gasteiger partial charge in [0.05, 0.1) is 12.5 Å². The highest BCUT2D eigenvalue weighted by Gasteiger charge is 2.43. The second kappa shape index (κ2) is 2.52. The molecule has 0 spiro atoms. The Bertz CT molecular complexity index is 240. The van der Waals surface area contributed by atoms with Crippen LogP contribution >= 0.6 is 11.6 Å². The Kier molecular flexibility index (Phi) is 1.97. The zero-order valence-electron chi connectivity index (χ0n) is 7.31.